The van der Waals surface area contributed by atoms with Crippen molar-refractivity contribution in [2.75, 3.05) is 24.5 Å². The first kappa shape index (κ1) is 14.3. The lowest BCUT2D eigenvalue weighted by atomic mass is 10.1. The maximum atomic E-state index is 13.4. The van der Waals surface area contributed by atoms with Crippen LogP contribution >= 0.6 is 0 Å². The van der Waals surface area contributed by atoms with Crippen molar-refractivity contribution < 1.29 is 4.39 Å². The summed E-state index contributed by atoms with van der Waals surface area (Å²) < 4.78 is 13.4. The lowest BCUT2D eigenvalue weighted by Crippen LogP contribution is -2.34. The van der Waals surface area contributed by atoms with Gasteiger partial charge in [-0.3, -0.25) is 0 Å². The highest BCUT2D eigenvalue weighted by Gasteiger charge is 2.23. The predicted molar refractivity (Wildman–Crippen MR) is 79.2 cm³/mol. The monoisotopic (exact) mass is 264 g/mol. The molecule has 2 rings (SSSR count). The molecule has 0 saturated heterocycles. The van der Waals surface area contributed by atoms with Crippen molar-refractivity contribution in [2.45, 2.75) is 39.7 Å². The Labute approximate surface area is 116 Å². The Balaban J connectivity index is 1.88. The molecule has 0 amide bonds. The maximum Gasteiger partial charge on any atom is 0.125 e. The van der Waals surface area contributed by atoms with Gasteiger partial charge in [0.15, 0.2) is 0 Å². The average molecular weight is 264 g/mol. The van der Waals surface area contributed by atoms with Crippen LogP contribution in [-0.2, 0) is 6.42 Å². The van der Waals surface area contributed by atoms with Gasteiger partial charge in [-0.05, 0) is 56.5 Å². The number of hydrogen-bond acceptors (Lipinski definition) is 2. The second-order valence-corrected chi connectivity index (χ2v) is 5.95. The van der Waals surface area contributed by atoms with E-state index in [1.54, 1.807) is 12.1 Å². The number of benzene rings is 1. The normalized spacial score (nSPS) is 15.9. The van der Waals surface area contributed by atoms with E-state index in [0.29, 0.717) is 12.0 Å². The van der Waals surface area contributed by atoms with Crippen molar-refractivity contribution in [2.24, 2.45) is 5.92 Å². The third-order valence-electron chi connectivity index (χ3n) is 3.80. The standard InChI is InChI=1S/C16H25FN2/c1-12(2)11-18-8-6-13(3)19-9-7-14-4-5-15(17)10-16(14)19/h4-5,10,12-13,18H,6-9,11H2,1-3H3. The summed E-state index contributed by atoms with van der Waals surface area (Å²) in [5, 5.41) is 3.47. The molecule has 0 bridgehead atoms. The summed E-state index contributed by atoms with van der Waals surface area (Å²) in [5.41, 5.74) is 2.37. The summed E-state index contributed by atoms with van der Waals surface area (Å²) in [7, 11) is 0. The van der Waals surface area contributed by atoms with Gasteiger partial charge in [0.25, 0.3) is 0 Å². The van der Waals surface area contributed by atoms with E-state index >= 15 is 0 Å². The zero-order valence-electron chi connectivity index (χ0n) is 12.2. The number of halogens is 1. The van der Waals surface area contributed by atoms with Crippen LogP contribution in [-0.4, -0.2) is 25.7 Å². The van der Waals surface area contributed by atoms with E-state index in [-0.39, 0.29) is 5.82 Å². The molecule has 106 valence electrons. The van der Waals surface area contributed by atoms with E-state index in [2.05, 4.69) is 31.0 Å². The van der Waals surface area contributed by atoms with Gasteiger partial charge in [-0.1, -0.05) is 19.9 Å². The Kier molecular flexibility index (Phi) is 4.81. The van der Waals surface area contributed by atoms with E-state index in [9.17, 15) is 4.39 Å². The number of hydrogen-bond donors (Lipinski definition) is 1. The zero-order valence-corrected chi connectivity index (χ0v) is 12.2. The van der Waals surface area contributed by atoms with Gasteiger partial charge >= 0.3 is 0 Å². The van der Waals surface area contributed by atoms with Crippen LogP contribution in [0.1, 0.15) is 32.8 Å². The quantitative estimate of drug-likeness (QED) is 0.794. The van der Waals surface area contributed by atoms with E-state index < -0.39 is 0 Å². The minimum absolute atomic E-state index is 0.129. The molecule has 19 heavy (non-hydrogen) atoms. The Hall–Kier alpha value is -1.09. The number of rotatable bonds is 6. The van der Waals surface area contributed by atoms with Crippen LogP contribution in [0.4, 0.5) is 10.1 Å². The number of nitrogens with zero attached hydrogens (tertiary/aromatic N) is 1. The first-order chi connectivity index (χ1) is 9.08. The Morgan fingerprint density at radius 2 is 2.11 bits per heavy atom. The highest BCUT2D eigenvalue weighted by atomic mass is 19.1. The molecule has 1 aromatic rings. The molecule has 1 atom stereocenters. The van der Waals surface area contributed by atoms with E-state index in [4.69, 9.17) is 0 Å². The molecular weight excluding hydrogens is 239 g/mol. The molecule has 1 heterocycles. The molecule has 1 aliphatic heterocycles. The maximum absolute atomic E-state index is 13.4. The number of fused-ring (bicyclic) bond motifs is 1. The van der Waals surface area contributed by atoms with E-state index in [1.807, 2.05) is 6.07 Å². The molecule has 0 aliphatic carbocycles. The van der Waals surface area contributed by atoms with Crippen LogP contribution in [0, 0.1) is 11.7 Å². The fourth-order valence-electron chi connectivity index (χ4n) is 2.69. The molecule has 1 aromatic carbocycles. The van der Waals surface area contributed by atoms with Crippen LogP contribution in [0.15, 0.2) is 18.2 Å². The Morgan fingerprint density at radius 1 is 1.32 bits per heavy atom. The summed E-state index contributed by atoms with van der Waals surface area (Å²) in [6.45, 7) is 9.78. The molecule has 0 spiro atoms. The molecule has 0 fully saturated rings. The van der Waals surface area contributed by atoms with E-state index in [1.165, 1.54) is 5.56 Å². The van der Waals surface area contributed by atoms with Crippen molar-refractivity contribution in [1.29, 1.82) is 0 Å². The fourth-order valence-corrected chi connectivity index (χ4v) is 2.69. The van der Waals surface area contributed by atoms with Crippen molar-refractivity contribution in [3.8, 4) is 0 Å². The van der Waals surface area contributed by atoms with Crippen molar-refractivity contribution in [3.63, 3.8) is 0 Å². The molecular formula is C16H25FN2. The van der Waals surface area contributed by atoms with Gasteiger partial charge in [0.05, 0.1) is 0 Å². The van der Waals surface area contributed by atoms with Crippen molar-refractivity contribution in [3.05, 3.63) is 29.6 Å². The average Bonchev–Trinajstić information content (AvgIpc) is 2.77. The van der Waals surface area contributed by atoms with Gasteiger partial charge in [0.1, 0.15) is 5.82 Å². The minimum atomic E-state index is -0.129. The summed E-state index contributed by atoms with van der Waals surface area (Å²) in [4.78, 5) is 2.34. The number of anilines is 1. The lowest BCUT2D eigenvalue weighted by Gasteiger charge is -2.27. The molecule has 0 saturated carbocycles. The molecule has 3 heteroatoms. The van der Waals surface area contributed by atoms with Gasteiger partial charge in [-0.25, -0.2) is 4.39 Å². The third kappa shape index (κ3) is 3.69. The van der Waals surface area contributed by atoms with Gasteiger partial charge < -0.3 is 10.2 Å². The van der Waals surface area contributed by atoms with Crippen molar-refractivity contribution >= 4 is 5.69 Å². The summed E-state index contributed by atoms with van der Waals surface area (Å²) in [6.07, 6.45) is 2.14. The van der Waals surface area contributed by atoms with Gasteiger partial charge in [0.2, 0.25) is 0 Å². The highest BCUT2D eigenvalue weighted by molar-refractivity contribution is 5.58. The first-order valence-corrected chi connectivity index (χ1v) is 7.33. The van der Waals surface area contributed by atoms with Crippen LogP contribution in [0.5, 0.6) is 0 Å². The predicted octanol–water partition coefficient (Wildman–Crippen LogP) is 3.21. The second kappa shape index (κ2) is 6.38. The number of nitrogens with one attached hydrogen (secondary N) is 1. The summed E-state index contributed by atoms with van der Waals surface area (Å²) in [5.74, 6) is 0.563. The van der Waals surface area contributed by atoms with Crippen LogP contribution in [0.3, 0.4) is 0 Å². The van der Waals surface area contributed by atoms with Crippen LogP contribution < -0.4 is 10.2 Å². The second-order valence-electron chi connectivity index (χ2n) is 5.95. The van der Waals surface area contributed by atoms with Crippen molar-refractivity contribution in [1.82, 2.24) is 5.32 Å². The highest BCUT2D eigenvalue weighted by Crippen LogP contribution is 2.30. The summed E-state index contributed by atoms with van der Waals surface area (Å²) in [6, 6.07) is 5.63. The molecule has 0 aromatic heterocycles. The molecule has 1 aliphatic rings. The molecule has 1 unspecified atom stereocenters. The third-order valence-corrected chi connectivity index (χ3v) is 3.80. The van der Waals surface area contributed by atoms with Gasteiger partial charge in [-0.15, -0.1) is 0 Å². The minimum Gasteiger partial charge on any atom is -0.368 e. The van der Waals surface area contributed by atoms with Gasteiger partial charge in [0, 0.05) is 18.3 Å². The topological polar surface area (TPSA) is 15.3 Å². The Bertz CT molecular complexity index is 417. The largest absolute Gasteiger partial charge is 0.368 e. The van der Waals surface area contributed by atoms with Gasteiger partial charge in [-0.2, -0.15) is 0 Å². The molecule has 0 radical (unpaired) electrons. The Morgan fingerprint density at radius 3 is 2.84 bits per heavy atom. The van der Waals surface area contributed by atoms with Crippen LogP contribution in [0.2, 0.25) is 0 Å². The lowest BCUT2D eigenvalue weighted by molar-refractivity contribution is 0.511. The fraction of sp³-hybridized carbons (Fsp3) is 0.625. The molecule has 2 nitrogen and oxygen atoms in total. The molecule has 1 N–H and O–H groups in total. The SMILES string of the molecule is CC(C)CNCCC(C)N1CCc2ccc(F)cc21. The zero-order chi connectivity index (χ0) is 13.8. The summed E-state index contributed by atoms with van der Waals surface area (Å²) >= 11 is 0. The van der Waals surface area contributed by atoms with Crippen LogP contribution in [0.25, 0.3) is 0 Å². The van der Waals surface area contributed by atoms with E-state index in [0.717, 1.165) is 38.2 Å². The smallest absolute Gasteiger partial charge is 0.125 e. The first-order valence-electron chi connectivity index (χ1n) is 7.33.